The number of aryl methyl sites for hydroxylation is 1. The SMILES string of the molecule is Cn1cnc(C(N)C(F)(F)F)c1. The zero-order chi connectivity index (χ0) is 9.35. The van der Waals surface area contributed by atoms with E-state index in [0.29, 0.717) is 0 Å². The number of rotatable bonds is 1. The van der Waals surface area contributed by atoms with Gasteiger partial charge in [-0.1, -0.05) is 0 Å². The van der Waals surface area contributed by atoms with Gasteiger partial charge in [-0.25, -0.2) is 4.98 Å². The fraction of sp³-hybridized carbons (Fsp3) is 0.500. The normalized spacial score (nSPS) is 14.8. The van der Waals surface area contributed by atoms with Gasteiger partial charge in [0.25, 0.3) is 0 Å². The lowest BCUT2D eigenvalue weighted by atomic mass is 10.2. The molecule has 0 aliphatic carbocycles. The van der Waals surface area contributed by atoms with E-state index in [9.17, 15) is 13.2 Å². The molecular weight excluding hydrogens is 171 g/mol. The minimum Gasteiger partial charge on any atom is -0.340 e. The van der Waals surface area contributed by atoms with E-state index < -0.39 is 12.2 Å². The van der Waals surface area contributed by atoms with Gasteiger partial charge < -0.3 is 10.3 Å². The molecular formula is C6H8F3N3. The monoisotopic (exact) mass is 179 g/mol. The molecule has 0 saturated heterocycles. The summed E-state index contributed by atoms with van der Waals surface area (Å²) < 4.78 is 37.3. The first-order valence-corrected chi connectivity index (χ1v) is 3.21. The number of aromatic nitrogens is 2. The zero-order valence-electron chi connectivity index (χ0n) is 6.34. The third kappa shape index (κ3) is 1.76. The molecule has 0 aromatic carbocycles. The maximum Gasteiger partial charge on any atom is 0.409 e. The summed E-state index contributed by atoms with van der Waals surface area (Å²) in [6, 6.07) is -1.99. The first-order valence-electron chi connectivity index (χ1n) is 3.21. The number of nitrogens with zero attached hydrogens (tertiary/aromatic N) is 2. The predicted octanol–water partition coefficient (Wildman–Crippen LogP) is 0.982. The fourth-order valence-corrected chi connectivity index (χ4v) is 0.761. The zero-order valence-corrected chi connectivity index (χ0v) is 6.34. The van der Waals surface area contributed by atoms with Gasteiger partial charge in [0.15, 0.2) is 0 Å². The summed E-state index contributed by atoms with van der Waals surface area (Å²) in [5, 5.41) is 0. The van der Waals surface area contributed by atoms with E-state index in [1.807, 2.05) is 0 Å². The number of hydrogen-bond acceptors (Lipinski definition) is 2. The van der Waals surface area contributed by atoms with E-state index >= 15 is 0 Å². The second kappa shape index (κ2) is 2.78. The van der Waals surface area contributed by atoms with Gasteiger partial charge >= 0.3 is 6.18 Å². The molecule has 68 valence electrons. The summed E-state index contributed by atoms with van der Waals surface area (Å²) in [6.07, 6.45) is -1.90. The molecule has 0 aliphatic rings. The summed E-state index contributed by atoms with van der Waals surface area (Å²) in [7, 11) is 1.58. The predicted molar refractivity (Wildman–Crippen MR) is 36.2 cm³/mol. The Morgan fingerprint density at radius 1 is 1.58 bits per heavy atom. The van der Waals surface area contributed by atoms with Crippen molar-refractivity contribution in [1.82, 2.24) is 9.55 Å². The molecule has 1 heterocycles. The van der Waals surface area contributed by atoms with Crippen LogP contribution in [0.5, 0.6) is 0 Å². The van der Waals surface area contributed by atoms with Gasteiger partial charge in [-0.05, 0) is 0 Å². The number of hydrogen-bond donors (Lipinski definition) is 1. The second-order valence-corrected chi connectivity index (χ2v) is 2.48. The highest BCUT2D eigenvalue weighted by Crippen LogP contribution is 2.28. The highest BCUT2D eigenvalue weighted by atomic mass is 19.4. The van der Waals surface area contributed by atoms with E-state index in [-0.39, 0.29) is 5.69 Å². The van der Waals surface area contributed by atoms with Crippen molar-refractivity contribution in [3.63, 3.8) is 0 Å². The maximum absolute atomic E-state index is 12.0. The van der Waals surface area contributed by atoms with Gasteiger partial charge in [-0.2, -0.15) is 13.2 Å². The van der Waals surface area contributed by atoms with E-state index in [4.69, 9.17) is 5.73 Å². The molecule has 0 radical (unpaired) electrons. The summed E-state index contributed by atoms with van der Waals surface area (Å²) in [5.74, 6) is 0. The minimum absolute atomic E-state index is 0.162. The van der Waals surface area contributed by atoms with Gasteiger partial charge in [0, 0.05) is 13.2 Å². The molecule has 0 fully saturated rings. The number of halogens is 3. The third-order valence-electron chi connectivity index (χ3n) is 1.40. The van der Waals surface area contributed by atoms with Gasteiger partial charge in [0.05, 0.1) is 12.0 Å². The van der Waals surface area contributed by atoms with Crippen LogP contribution < -0.4 is 5.73 Å². The Kier molecular flexibility index (Phi) is 2.10. The molecule has 1 aromatic heterocycles. The summed E-state index contributed by atoms with van der Waals surface area (Å²) >= 11 is 0. The first kappa shape index (κ1) is 9.05. The van der Waals surface area contributed by atoms with Crippen molar-refractivity contribution < 1.29 is 13.2 Å². The van der Waals surface area contributed by atoms with Crippen LogP contribution in [0.25, 0.3) is 0 Å². The lowest BCUT2D eigenvalue weighted by molar-refractivity contribution is -0.149. The van der Waals surface area contributed by atoms with Crippen molar-refractivity contribution in [2.24, 2.45) is 12.8 Å². The molecule has 0 saturated carbocycles. The van der Waals surface area contributed by atoms with E-state index in [0.717, 1.165) is 0 Å². The molecule has 0 amide bonds. The van der Waals surface area contributed by atoms with Crippen LogP contribution in [0.2, 0.25) is 0 Å². The number of alkyl halides is 3. The van der Waals surface area contributed by atoms with Crippen molar-refractivity contribution in [1.29, 1.82) is 0 Å². The molecule has 3 nitrogen and oxygen atoms in total. The number of imidazole rings is 1. The fourth-order valence-electron chi connectivity index (χ4n) is 0.761. The van der Waals surface area contributed by atoms with Gasteiger partial charge in [-0.15, -0.1) is 0 Å². The molecule has 1 aromatic rings. The smallest absolute Gasteiger partial charge is 0.340 e. The lowest BCUT2D eigenvalue weighted by Gasteiger charge is -2.12. The standard InChI is InChI=1S/C6H8F3N3/c1-12-2-4(11-3-12)5(10)6(7,8)9/h2-3,5H,10H2,1H3. The molecule has 6 heteroatoms. The lowest BCUT2D eigenvalue weighted by Crippen LogP contribution is -2.28. The molecule has 12 heavy (non-hydrogen) atoms. The molecule has 0 spiro atoms. The van der Waals surface area contributed by atoms with Crippen molar-refractivity contribution in [2.45, 2.75) is 12.2 Å². The molecule has 1 atom stereocenters. The van der Waals surface area contributed by atoms with E-state index in [2.05, 4.69) is 4.98 Å². The molecule has 0 bridgehead atoms. The summed E-state index contributed by atoms with van der Waals surface area (Å²) in [4.78, 5) is 3.50. The molecule has 0 aliphatic heterocycles. The average Bonchev–Trinajstić information content (AvgIpc) is 2.32. The van der Waals surface area contributed by atoms with Crippen molar-refractivity contribution in [3.8, 4) is 0 Å². The molecule has 1 unspecified atom stereocenters. The van der Waals surface area contributed by atoms with E-state index in [1.54, 1.807) is 7.05 Å². The quantitative estimate of drug-likeness (QED) is 0.698. The Morgan fingerprint density at radius 2 is 2.17 bits per heavy atom. The van der Waals surface area contributed by atoms with Crippen LogP contribution in [0.4, 0.5) is 13.2 Å². The first-order chi connectivity index (χ1) is 5.41. The second-order valence-electron chi connectivity index (χ2n) is 2.48. The van der Waals surface area contributed by atoms with Gasteiger partial charge in [0.1, 0.15) is 6.04 Å². The topological polar surface area (TPSA) is 43.8 Å². The summed E-state index contributed by atoms with van der Waals surface area (Å²) in [5.41, 5.74) is 4.72. The number of nitrogens with two attached hydrogens (primary N) is 1. The van der Waals surface area contributed by atoms with E-state index in [1.165, 1.54) is 17.1 Å². The van der Waals surface area contributed by atoms with Crippen LogP contribution >= 0.6 is 0 Å². The van der Waals surface area contributed by atoms with Crippen LogP contribution in [-0.2, 0) is 7.05 Å². The molecule has 1 rings (SSSR count). The van der Waals surface area contributed by atoms with Crippen LogP contribution in [0.3, 0.4) is 0 Å². The van der Waals surface area contributed by atoms with Crippen molar-refractivity contribution >= 4 is 0 Å². The Hall–Kier alpha value is -1.04. The average molecular weight is 179 g/mol. The Labute approximate surface area is 67.0 Å². The van der Waals surface area contributed by atoms with Crippen molar-refractivity contribution in [3.05, 3.63) is 18.2 Å². The Balaban J connectivity index is 2.85. The van der Waals surface area contributed by atoms with Crippen LogP contribution in [0.15, 0.2) is 12.5 Å². The van der Waals surface area contributed by atoms with Crippen LogP contribution in [0.1, 0.15) is 11.7 Å². The minimum atomic E-state index is -4.42. The highest BCUT2D eigenvalue weighted by molar-refractivity contribution is 5.04. The largest absolute Gasteiger partial charge is 0.409 e. The third-order valence-corrected chi connectivity index (χ3v) is 1.40. The summed E-state index contributed by atoms with van der Waals surface area (Å²) in [6.45, 7) is 0. The van der Waals surface area contributed by atoms with Gasteiger partial charge in [-0.3, -0.25) is 0 Å². The van der Waals surface area contributed by atoms with Gasteiger partial charge in [0.2, 0.25) is 0 Å². The van der Waals surface area contributed by atoms with Crippen molar-refractivity contribution in [2.75, 3.05) is 0 Å². The Bertz CT molecular complexity index is 265. The van der Waals surface area contributed by atoms with Crippen LogP contribution in [-0.4, -0.2) is 15.7 Å². The molecule has 2 N–H and O–H groups in total. The maximum atomic E-state index is 12.0. The van der Waals surface area contributed by atoms with Crippen LogP contribution in [0, 0.1) is 0 Å². The highest BCUT2D eigenvalue weighted by Gasteiger charge is 2.39. The Morgan fingerprint density at radius 3 is 2.50 bits per heavy atom.